The highest BCUT2D eigenvalue weighted by molar-refractivity contribution is 5.99. The molecule has 3 aromatic rings. The summed E-state index contributed by atoms with van der Waals surface area (Å²) in [6, 6.07) is 16.7. The predicted octanol–water partition coefficient (Wildman–Crippen LogP) is 2.25. The molecule has 3 N–H and O–H groups in total. The number of aryl methyl sites for hydroxylation is 1. The summed E-state index contributed by atoms with van der Waals surface area (Å²) in [5.74, 6) is -0.962. The quantitative estimate of drug-likeness (QED) is 0.572. The molecule has 28 heavy (non-hydrogen) atoms. The van der Waals surface area contributed by atoms with Gasteiger partial charge in [0.1, 0.15) is 5.58 Å². The summed E-state index contributed by atoms with van der Waals surface area (Å²) in [6.07, 6.45) is 0.296. The fourth-order valence-corrected chi connectivity index (χ4v) is 2.80. The third-order valence-electron chi connectivity index (χ3n) is 4.25. The number of amides is 3. The van der Waals surface area contributed by atoms with Gasteiger partial charge in [-0.15, -0.1) is 0 Å². The van der Waals surface area contributed by atoms with Crippen molar-refractivity contribution < 1.29 is 18.8 Å². The Morgan fingerprint density at radius 1 is 0.893 bits per heavy atom. The second-order valence-corrected chi connectivity index (χ2v) is 6.32. The van der Waals surface area contributed by atoms with E-state index in [1.807, 2.05) is 48.5 Å². The lowest BCUT2D eigenvalue weighted by molar-refractivity contribution is -0.122. The van der Waals surface area contributed by atoms with E-state index >= 15 is 0 Å². The molecular weight excluding hydrogens is 358 g/mol. The Labute approximate surface area is 162 Å². The standard InChI is InChI=1S/C21H21N3O4/c1-14-16-9-5-6-10-17(16)28-20(14)21(27)24-23-18(25)11-12-22-19(26)13-15-7-3-2-4-8-15/h2-10H,11-13H2,1H3,(H,22,26)(H,23,25)(H,24,27). The van der Waals surface area contributed by atoms with E-state index in [4.69, 9.17) is 4.42 Å². The molecule has 0 saturated carbocycles. The Morgan fingerprint density at radius 3 is 2.36 bits per heavy atom. The summed E-state index contributed by atoms with van der Waals surface area (Å²) < 4.78 is 5.54. The molecule has 2 aromatic carbocycles. The van der Waals surface area contributed by atoms with Gasteiger partial charge >= 0.3 is 5.91 Å². The molecule has 7 nitrogen and oxygen atoms in total. The molecule has 0 radical (unpaired) electrons. The molecule has 1 heterocycles. The third kappa shape index (κ3) is 4.76. The van der Waals surface area contributed by atoms with E-state index in [0.29, 0.717) is 11.1 Å². The molecule has 0 atom stereocenters. The molecule has 0 bridgehead atoms. The molecule has 0 spiro atoms. The summed E-state index contributed by atoms with van der Waals surface area (Å²) in [7, 11) is 0. The smallest absolute Gasteiger partial charge is 0.305 e. The Kier molecular flexibility index (Phi) is 6.06. The zero-order valence-corrected chi connectivity index (χ0v) is 15.5. The number of benzene rings is 2. The molecule has 0 saturated heterocycles. The van der Waals surface area contributed by atoms with Gasteiger partial charge < -0.3 is 9.73 Å². The van der Waals surface area contributed by atoms with Crippen molar-refractivity contribution in [3.05, 3.63) is 71.5 Å². The van der Waals surface area contributed by atoms with Gasteiger partial charge in [0.15, 0.2) is 5.76 Å². The van der Waals surface area contributed by atoms with Gasteiger partial charge in [-0.05, 0) is 18.6 Å². The van der Waals surface area contributed by atoms with Crippen molar-refractivity contribution in [1.82, 2.24) is 16.2 Å². The average Bonchev–Trinajstić information content (AvgIpc) is 3.04. The van der Waals surface area contributed by atoms with Gasteiger partial charge in [-0.25, -0.2) is 0 Å². The summed E-state index contributed by atoms with van der Waals surface area (Å²) in [4.78, 5) is 35.9. The second-order valence-electron chi connectivity index (χ2n) is 6.32. The lowest BCUT2D eigenvalue weighted by Crippen LogP contribution is -2.43. The molecule has 0 aliphatic heterocycles. The van der Waals surface area contributed by atoms with Crippen LogP contribution in [0.2, 0.25) is 0 Å². The van der Waals surface area contributed by atoms with Crippen LogP contribution in [0.15, 0.2) is 59.0 Å². The average molecular weight is 379 g/mol. The number of hydrogen-bond donors (Lipinski definition) is 3. The van der Waals surface area contributed by atoms with Crippen LogP contribution in [0.3, 0.4) is 0 Å². The van der Waals surface area contributed by atoms with Crippen LogP contribution in [0.5, 0.6) is 0 Å². The van der Waals surface area contributed by atoms with Crippen LogP contribution in [0, 0.1) is 6.92 Å². The lowest BCUT2D eigenvalue weighted by Gasteiger charge is -2.08. The number of furan rings is 1. The van der Waals surface area contributed by atoms with Gasteiger partial charge in [0.25, 0.3) is 0 Å². The molecule has 1 aromatic heterocycles. The topological polar surface area (TPSA) is 100 Å². The van der Waals surface area contributed by atoms with Gasteiger partial charge in [0.05, 0.1) is 6.42 Å². The van der Waals surface area contributed by atoms with Crippen LogP contribution in [-0.4, -0.2) is 24.3 Å². The van der Waals surface area contributed by atoms with Crippen molar-refractivity contribution in [2.45, 2.75) is 19.8 Å². The number of carbonyl (C=O) groups is 3. The number of nitrogens with one attached hydrogen (secondary N) is 3. The van der Waals surface area contributed by atoms with Crippen molar-refractivity contribution in [1.29, 1.82) is 0 Å². The number of carbonyl (C=O) groups excluding carboxylic acids is 3. The van der Waals surface area contributed by atoms with Crippen molar-refractivity contribution in [2.24, 2.45) is 0 Å². The minimum Gasteiger partial charge on any atom is -0.451 e. The fourth-order valence-electron chi connectivity index (χ4n) is 2.80. The van der Waals surface area contributed by atoms with Crippen molar-refractivity contribution in [3.8, 4) is 0 Å². The molecule has 0 fully saturated rings. The van der Waals surface area contributed by atoms with Crippen molar-refractivity contribution >= 4 is 28.7 Å². The first-order valence-corrected chi connectivity index (χ1v) is 8.92. The van der Waals surface area contributed by atoms with Crippen molar-refractivity contribution in [3.63, 3.8) is 0 Å². The molecule has 3 rings (SSSR count). The summed E-state index contributed by atoms with van der Waals surface area (Å²) in [5, 5.41) is 3.52. The number of para-hydroxylation sites is 1. The first-order valence-electron chi connectivity index (χ1n) is 8.92. The van der Waals surface area contributed by atoms with Gasteiger partial charge in [0, 0.05) is 23.9 Å². The number of fused-ring (bicyclic) bond motifs is 1. The fraction of sp³-hybridized carbons (Fsp3) is 0.190. The maximum Gasteiger partial charge on any atom is 0.305 e. The Balaban J connectivity index is 1.42. The summed E-state index contributed by atoms with van der Waals surface area (Å²) in [5.41, 5.74) is 6.87. The van der Waals surface area contributed by atoms with Crippen LogP contribution < -0.4 is 16.2 Å². The van der Waals surface area contributed by atoms with E-state index in [1.54, 1.807) is 13.0 Å². The maximum atomic E-state index is 12.2. The number of hydrazine groups is 1. The minimum absolute atomic E-state index is 0.0416. The molecule has 0 unspecified atom stereocenters. The van der Waals surface area contributed by atoms with E-state index < -0.39 is 11.8 Å². The zero-order valence-electron chi connectivity index (χ0n) is 15.5. The second kappa shape index (κ2) is 8.85. The Morgan fingerprint density at radius 2 is 1.61 bits per heavy atom. The summed E-state index contributed by atoms with van der Waals surface area (Å²) in [6.45, 7) is 1.96. The van der Waals surface area contributed by atoms with E-state index in [-0.39, 0.29) is 31.1 Å². The molecule has 3 amide bonds. The highest BCUT2D eigenvalue weighted by Crippen LogP contribution is 2.24. The molecule has 7 heteroatoms. The van der Waals surface area contributed by atoms with E-state index in [2.05, 4.69) is 16.2 Å². The first kappa shape index (κ1) is 19.2. The third-order valence-corrected chi connectivity index (χ3v) is 4.25. The minimum atomic E-state index is -0.532. The summed E-state index contributed by atoms with van der Waals surface area (Å²) >= 11 is 0. The van der Waals surface area contributed by atoms with Gasteiger partial charge in [-0.1, -0.05) is 48.5 Å². The molecular formula is C21H21N3O4. The van der Waals surface area contributed by atoms with Crippen LogP contribution in [0.4, 0.5) is 0 Å². The Bertz CT molecular complexity index is 995. The van der Waals surface area contributed by atoms with Gasteiger partial charge in [-0.2, -0.15) is 0 Å². The number of rotatable bonds is 6. The van der Waals surface area contributed by atoms with Crippen LogP contribution in [0.1, 0.15) is 28.1 Å². The monoisotopic (exact) mass is 379 g/mol. The first-order chi connectivity index (χ1) is 13.5. The van der Waals surface area contributed by atoms with Gasteiger partial charge in [-0.3, -0.25) is 25.2 Å². The largest absolute Gasteiger partial charge is 0.451 e. The van der Waals surface area contributed by atoms with Gasteiger partial charge in [0.2, 0.25) is 11.8 Å². The predicted molar refractivity (Wildman–Crippen MR) is 104 cm³/mol. The maximum absolute atomic E-state index is 12.2. The van der Waals surface area contributed by atoms with Crippen LogP contribution >= 0.6 is 0 Å². The highest BCUT2D eigenvalue weighted by Gasteiger charge is 2.17. The highest BCUT2D eigenvalue weighted by atomic mass is 16.3. The van der Waals surface area contributed by atoms with Crippen molar-refractivity contribution in [2.75, 3.05) is 6.54 Å². The molecule has 0 aliphatic rings. The SMILES string of the molecule is Cc1c(C(=O)NNC(=O)CCNC(=O)Cc2ccccc2)oc2ccccc12. The molecule has 144 valence electrons. The lowest BCUT2D eigenvalue weighted by atomic mass is 10.1. The normalized spacial score (nSPS) is 10.5. The zero-order chi connectivity index (χ0) is 19.9. The van der Waals surface area contributed by atoms with Crippen LogP contribution in [-0.2, 0) is 16.0 Å². The van der Waals surface area contributed by atoms with E-state index in [0.717, 1.165) is 10.9 Å². The molecule has 0 aliphatic carbocycles. The number of hydrogen-bond acceptors (Lipinski definition) is 4. The van der Waals surface area contributed by atoms with E-state index in [9.17, 15) is 14.4 Å². The van der Waals surface area contributed by atoms with Crippen LogP contribution in [0.25, 0.3) is 11.0 Å². The van der Waals surface area contributed by atoms with E-state index in [1.165, 1.54) is 0 Å². The Hall–Kier alpha value is -3.61.